The third-order valence-electron chi connectivity index (χ3n) is 3.08. The molecule has 0 radical (unpaired) electrons. The molecule has 1 unspecified atom stereocenters. The first-order chi connectivity index (χ1) is 10.0. The normalized spacial score (nSPS) is 12.7. The van der Waals surface area contributed by atoms with Crippen molar-refractivity contribution in [1.82, 2.24) is 14.5 Å². The molecule has 0 aliphatic carbocycles. The van der Waals surface area contributed by atoms with E-state index in [4.69, 9.17) is 9.84 Å². The molecule has 0 bridgehead atoms. The molecule has 2 heterocycles. The van der Waals surface area contributed by atoms with Crippen molar-refractivity contribution < 1.29 is 14.6 Å². The molecule has 2 aromatic rings. The topological polar surface area (TPSA) is 77.2 Å². The Bertz CT molecular complexity index is 642. The van der Waals surface area contributed by atoms with Crippen molar-refractivity contribution in [1.29, 1.82) is 0 Å². The molecule has 1 atom stereocenters. The summed E-state index contributed by atoms with van der Waals surface area (Å²) >= 11 is 1.21. The van der Waals surface area contributed by atoms with E-state index in [1.54, 1.807) is 6.20 Å². The molecule has 6 nitrogen and oxygen atoms in total. The second-order valence-corrected chi connectivity index (χ2v) is 5.70. The van der Waals surface area contributed by atoms with Gasteiger partial charge in [0.2, 0.25) is 0 Å². The highest BCUT2D eigenvalue weighted by Gasteiger charge is 2.19. The molecular formula is C14H19N3O3S. The Morgan fingerprint density at radius 1 is 1.57 bits per heavy atom. The smallest absolute Gasteiger partial charge is 0.313 e. The van der Waals surface area contributed by atoms with Crippen molar-refractivity contribution in [3.05, 3.63) is 17.8 Å². The van der Waals surface area contributed by atoms with Gasteiger partial charge in [-0.2, -0.15) is 0 Å². The van der Waals surface area contributed by atoms with Crippen molar-refractivity contribution >= 4 is 28.9 Å². The van der Waals surface area contributed by atoms with Crippen LogP contribution >= 0.6 is 11.8 Å². The number of hydrogen-bond acceptors (Lipinski definition) is 5. The van der Waals surface area contributed by atoms with Gasteiger partial charge >= 0.3 is 5.97 Å². The Morgan fingerprint density at radius 3 is 3.00 bits per heavy atom. The summed E-state index contributed by atoms with van der Waals surface area (Å²) in [6, 6.07) is 1.94. The van der Waals surface area contributed by atoms with Crippen LogP contribution in [0.2, 0.25) is 0 Å². The van der Waals surface area contributed by atoms with Crippen LogP contribution < -0.4 is 0 Å². The summed E-state index contributed by atoms with van der Waals surface area (Å²) < 4.78 is 7.44. The lowest BCUT2D eigenvalue weighted by molar-refractivity contribution is -0.133. The van der Waals surface area contributed by atoms with Crippen LogP contribution in [-0.2, 0) is 9.53 Å². The number of thioether (sulfide) groups is 1. The standard InChI is InChI=1S/C14H19N3O3S/c1-4-20-7-10(3)17-13-12(9(2)5-6-15-13)16-14(17)21-8-11(18)19/h5-6,10H,4,7-8H2,1-3H3,(H,18,19). The minimum atomic E-state index is -0.860. The van der Waals surface area contributed by atoms with Gasteiger partial charge in [0.15, 0.2) is 10.8 Å². The number of fused-ring (bicyclic) bond motifs is 1. The molecule has 0 saturated carbocycles. The zero-order valence-corrected chi connectivity index (χ0v) is 13.2. The third kappa shape index (κ3) is 3.54. The first-order valence-electron chi connectivity index (χ1n) is 6.80. The lowest BCUT2D eigenvalue weighted by Crippen LogP contribution is -2.14. The molecule has 7 heteroatoms. The molecule has 0 aromatic carbocycles. The Labute approximate surface area is 127 Å². The summed E-state index contributed by atoms with van der Waals surface area (Å²) in [5, 5.41) is 9.54. The number of aryl methyl sites for hydroxylation is 1. The maximum Gasteiger partial charge on any atom is 0.313 e. The largest absolute Gasteiger partial charge is 0.481 e. The van der Waals surface area contributed by atoms with E-state index in [1.165, 1.54) is 11.8 Å². The van der Waals surface area contributed by atoms with Crippen molar-refractivity contribution in [3.8, 4) is 0 Å². The van der Waals surface area contributed by atoms with Crippen molar-refractivity contribution in [2.45, 2.75) is 32.0 Å². The van der Waals surface area contributed by atoms with E-state index in [1.807, 2.05) is 31.4 Å². The van der Waals surface area contributed by atoms with Crippen LogP contribution in [0.4, 0.5) is 0 Å². The fourth-order valence-corrected chi connectivity index (χ4v) is 2.89. The van der Waals surface area contributed by atoms with Crippen LogP contribution in [-0.4, -0.2) is 44.6 Å². The molecule has 0 aliphatic heterocycles. The Hall–Kier alpha value is -1.60. The number of carboxylic acids is 1. The highest BCUT2D eigenvalue weighted by atomic mass is 32.2. The SMILES string of the molecule is CCOCC(C)n1c(SCC(=O)O)nc2c(C)ccnc21. The van der Waals surface area contributed by atoms with Gasteiger partial charge in [0.1, 0.15) is 5.52 Å². The van der Waals surface area contributed by atoms with Crippen molar-refractivity contribution in [2.24, 2.45) is 0 Å². The number of hydrogen-bond donors (Lipinski definition) is 1. The number of nitrogens with zero attached hydrogens (tertiary/aromatic N) is 3. The van der Waals surface area contributed by atoms with Gasteiger partial charge in [0, 0.05) is 12.8 Å². The molecule has 114 valence electrons. The Morgan fingerprint density at radius 2 is 2.33 bits per heavy atom. The minimum absolute atomic E-state index is 0.0241. The van der Waals surface area contributed by atoms with E-state index in [-0.39, 0.29) is 11.8 Å². The van der Waals surface area contributed by atoms with Gasteiger partial charge in [-0.05, 0) is 32.4 Å². The number of aromatic nitrogens is 3. The van der Waals surface area contributed by atoms with Gasteiger partial charge in [-0.15, -0.1) is 0 Å². The van der Waals surface area contributed by atoms with Crippen LogP contribution in [0, 0.1) is 6.92 Å². The van der Waals surface area contributed by atoms with Crippen molar-refractivity contribution in [2.75, 3.05) is 19.0 Å². The van der Waals surface area contributed by atoms with Crippen LogP contribution in [0.1, 0.15) is 25.5 Å². The number of carbonyl (C=O) groups is 1. The molecule has 0 amide bonds. The summed E-state index contributed by atoms with van der Waals surface area (Å²) in [5.74, 6) is -0.885. The Balaban J connectivity index is 2.44. The average Bonchev–Trinajstić information content (AvgIpc) is 2.82. The molecule has 2 rings (SSSR count). The maximum atomic E-state index is 10.8. The molecule has 1 N–H and O–H groups in total. The predicted molar refractivity (Wildman–Crippen MR) is 81.8 cm³/mol. The fraction of sp³-hybridized carbons (Fsp3) is 0.500. The number of rotatable bonds is 7. The number of pyridine rings is 1. The number of ether oxygens (including phenoxy) is 1. The van der Waals surface area contributed by atoms with E-state index in [0.717, 1.165) is 16.7 Å². The number of carboxylic acid groups (broad SMARTS) is 1. The lowest BCUT2D eigenvalue weighted by Gasteiger charge is -2.16. The summed E-state index contributed by atoms with van der Waals surface area (Å²) in [7, 11) is 0. The van der Waals surface area contributed by atoms with E-state index in [2.05, 4.69) is 9.97 Å². The van der Waals surface area contributed by atoms with Crippen molar-refractivity contribution in [3.63, 3.8) is 0 Å². The zero-order chi connectivity index (χ0) is 15.4. The monoisotopic (exact) mass is 309 g/mol. The summed E-state index contributed by atoms with van der Waals surface area (Å²) in [5.41, 5.74) is 2.61. The van der Waals surface area contributed by atoms with Gasteiger partial charge < -0.3 is 9.84 Å². The van der Waals surface area contributed by atoms with E-state index in [0.29, 0.717) is 18.4 Å². The first-order valence-corrected chi connectivity index (χ1v) is 7.79. The Kier molecular flexibility index (Phi) is 5.19. The predicted octanol–water partition coefficient (Wildman–Crippen LogP) is 2.51. The number of aliphatic carboxylic acids is 1. The van der Waals surface area contributed by atoms with Gasteiger partial charge in [-0.3, -0.25) is 9.36 Å². The van der Waals surface area contributed by atoms with Gasteiger partial charge in [0.25, 0.3) is 0 Å². The second-order valence-electron chi connectivity index (χ2n) is 4.76. The average molecular weight is 309 g/mol. The first kappa shape index (κ1) is 15.8. The lowest BCUT2D eigenvalue weighted by atomic mass is 10.2. The molecule has 21 heavy (non-hydrogen) atoms. The fourth-order valence-electron chi connectivity index (χ4n) is 2.08. The van der Waals surface area contributed by atoms with E-state index < -0.39 is 5.97 Å². The second kappa shape index (κ2) is 6.91. The molecular weight excluding hydrogens is 290 g/mol. The van der Waals surface area contributed by atoms with Crippen LogP contribution in [0.3, 0.4) is 0 Å². The quantitative estimate of drug-likeness (QED) is 0.792. The van der Waals surface area contributed by atoms with Gasteiger partial charge in [-0.25, -0.2) is 9.97 Å². The molecule has 0 aliphatic rings. The summed E-state index contributed by atoms with van der Waals surface area (Å²) in [6.07, 6.45) is 1.74. The zero-order valence-electron chi connectivity index (χ0n) is 12.4. The van der Waals surface area contributed by atoms with E-state index >= 15 is 0 Å². The third-order valence-corrected chi connectivity index (χ3v) is 4.01. The van der Waals surface area contributed by atoms with Crippen LogP contribution in [0.15, 0.2) is 17.4 Å². The van der Waals surface area contributed by atoms with Gasteiger partial charge in [-0.1, -0.05) is 11.8 Å². The highest BCUT2D eigenvalue weighted by molar-refractivity contribution is 7.99. The molecule has 2 aromatic heterocycles. The highest BCUT2D eigenvalue weighted by Crippen LogP contribution is 2.28. The van der Waals surface area contributed by atoms with Gasteiger partial charge in [0.05, 0.1) is 18.4 Å². The van der Waals surface area contributed by atoms with Crippen LogP contribution in [0.5, 0.6) is 0 Å². The summed E-state index contributed by atoms with van der Waals surface area (Å²) in [6.45, 7) is 7.12. The number of imidazole rings is 1. The molecule has 0 saturated heterocycles. The van der Waals surface area contributed by atoms with E-state index in [9.17, 15) is 4.79 Å². The van der Waals surface area contributed by atoms with Crippen LogP contribution in [0.25, 0.3) is 11.2 Å². The molecule has 0 spiro atoms. The maximum absolute atomic E-state index is 10.8. The minimum Gasteiger partial charge on any atom is -0.481 e. The summed E-state index contributed by atoms with van der Waals surface area (Å²) in [4.78, 5) is 19.8. The molecule has 0 fully saturated rings.